The second-order valence-corrected chi connectivity index (χ2v) is 6.53. The zero-order chi connectivity index (χ0) is 19.5. The molecule has 0 atom stereocenters. The number of amides is 2. The van der Waals surface area contributed by atoms with Crippen molar-refractivity contribution in [3.05, 3.63) is 0 Å². The average molecular weight is 373 g/mol. The number of ether oxygens (including phenoxy) is 1. The molecular weight excluding hydrogens is 332 g/mol. The van der Waals surface area contributed by atoms with Crippen LogP contribution in [0.25, 0.3) is 0 Å². The lowest BCUT2D eigenvalue weighted by molar-refractivity contribution is -0.135. The van der Waals surface area contributed by atoms with Crippen LogP contribution >= 0.6 is 0 Å². The Bertz CT molecular complexity index is 330. The minimum atomic E-state index is -0.613. The Balaban J connectivity index is 4.25. The number of hydrogen-bond donors (Lipinski definition) is 4. The van der Waals surface area contributed by atoms with Crippen LogP contribution in [0.3, 0.4) is 0 Å². The van der Waals surface area contributed by atoms with Crippen molar-refractivity contribution in [2.24, 2.45) is 17.4 Å². The molecule has 0 radical (unpaired) electrons. The molecule has 0 fully saturated rings. The van der Waals surface area contributed by atoms with Gasteiger partial charge in [-0.15, -0.1) is 0 Å². The topological polar surface area (TPSA) is 119 Å². The second-order valence-electron chi connectivity index (χ2n) is 6.53. The van der Waals surface area contributed by atoms with Crippen LogP contribution in [-0.2, 0) is 14.3 Å². The quantitative estimate of drug-likeness (QED) is 0.214. The van der Waals surface area contributed by atoms with Gasteiger partial charge >= 0.3 is 0 Å². The number of carbonyl (C=O) groups is 2. The van der Waals surface area contributed by atoms with Crippen molar-refractivity contribution in [1.29, 1.82) is 0 Å². The molecule has 154 valence electrons. The molecule has 0 aliphatic heterocycles. The van der Waals surface area contributed by atoms with Crippen molar-refractivity contribution in [2.45, 2.75) is 64.7 Å². The molecule has 0 unspecified atom stereocenters. The Hall–Kier alpha value is -1.18. The highest BCUT2D eigenvalue weighted by Gasteiger charge is 2.25. The van der Waals surface area contributed by atoms with Crippen LogP contribution in [0.5, 0.6) is 0 Å². The third kappa shape index (κ3) is 14.0. The summed E-state index contributed by atoms with van der Waals surface area (Å²) in [6.45, 7) is 5.89. The van der Waals surface area contributed by atoms with E-state index < -0.39 is 5.92 Å². The van der Waals surface area contributed by atoms with Gasteiger partial charge in [-0.25, -0.2) is 0 Å². The fourth-order valence-electron chi connectivity index (χ4n) is 2.64. The van der Waals surface area contributed by atoms with Gasteiger partial charge in [-0.1, -0.05) is 19.3 Å². The van der Waals surface area contributed by atoms with Gasteiger partial charge in [-0.3, -0.25) is 9.59 Å². The Kier molecular flexibility index (Phi) is 17.8. The van der Waals surface area contributed by atoms with E-state index in [1.54, 1.807) is 0 Å². The van der Waals surface area contributed by atoms with Crippen molar-refractivity contribution < 1.29 is 14.3 Å². The van der Waals surface area contributed by atoms with Gasteiger partial charge in [-0.2, -0.15) is 0 Å². The molecule has 0 aromatic rings. The predicted molar refractivity (Wildman–Crippen MR) is 106 cm³/mol. The van der Waals surface area contributed by atoms with Crippen molar-refractivity contribution in [3.63, 3.8) is 0 Å². The summed E-state index contributed by atoms with van der Waals surface area (Å²) in [5.41, 5.74) is 10.9. The molecule has 0 aromatic carbocycles. The Morgan fingerprint density at radius 1 is 0.808 bits per heavy atom. The summed E-state index contributed by atoms with van der Waals surface area (Å²) < 4.78 is 5.32. The average Bonchev–Trinajstić information content (AvgIpc) is 2.64. The first-order valence-corrected chi connectivity index (χ1v) is 10.2. The van der Waals surface area contributed by atoms with Crippen LogP contribution in [0.15, 0.2) is 0 Å². The fraction of sp³-hybridized carbons (Fsp3) is 0.895. The van der Waals surface area contributed by atoms with Crippen LogP contribution in [-0.4, -0.2) is 51.2 Å². The summed E-state index contributed by atoms with van der Waals surface area (Å²) >= 11 is 0. The van der Waals surface area contributed by atoms with Crippen LogP contribution in [0.4, 0.5) is 0 Å². The van der Waals surface area contributed by atoms with E-state index in [0.717, 1.165) is 64.6 Å². The van der Waals surface area contributed by atoms with Gasteiger partial charge in [0.2, 0.25) is 11.8 Å². The van der Waals surface area contributed by atoms with E-state index in [1.165, 1.54) is 0 Å². The van der Waals surface area contributed by atoms with Gasteiger partial charge < -0.3 is 26.8 Å². The largest absolute Gasteiger partial charge is 0.382 e. The van der Waals surface area contributed by atoms with Gasteiger partial charge in [0.05, 0.1) is 0 Å². The Labute approximate surface area is 159 Å². The number of hydrogen-bond acceptors (Lipinski definition) is 5. The Morgan fingerprint density at radius 2 is 1.35 bits per heavy atom. The van der Waals surface area contributed by atoms with Crippen molar-refractivity contribution in [2.75, 3.05) is 39.4 Å². The monoisotopic (exact) mass is 372 g/mol. The summed E-state index contributed by atoms with van der Waals surface area (Å²) in [5.74, 6) is -0.960. The van der Waals surface area contributed by atoms with Gasteiger partial charge in [0.15, 0.2) is 0 Å². The van der Waals surface area contributed by atoms with Crippen LogP contribution in [0, 0.1) is 5.92 Å². The first kappa shape index (κ1) is 24.8. The summed E-state index contributed by atoms with van der Waals surface area (Å²) in [6.07, 6.45) is 7.95. The van der Waals surface area contributed by atoms with Gasteiger partial charge in [-0.05, 0) is 58.5 Å². The van der Waals surface area contributed by atoms with Gasteiger partial charge in [0.1, 0.15) is 5.92 Å². The zero-order valence-corrected chi connectivity index (χ0v) is 16.6. The highest BCUT2D eigenvalue weighted by atomic mass is 16.5. The van der Waals surface area contributed by atoms with E-state index in [9.17, 15) is 9.59 Å². The second kappa shape index (κ2) is 18.6. The third-order valence-electron chi connectivity index (χ3n) is 4.23. The molecule has 0 bridgehead atoms. The van der Waals surface area contributed by atoms with Crippen LogP contribution < -0.4 is 22.1 Å². The lowest BCUT2D eigenvalue weighted by atomic mass is 9.98. The fourth-order valence-corrected chi connectivity index (χ4v) is 2.64. The summed E-state index contributed by atoms with van der Waals surface area (Å²) in [5, 5.41) is 5.75. The molecular formula is C19H40N4O3. The minimum Gasteiger partial charge on any atom is -0.382 e. The first-order valence-electron chi connectivity index (χ1n) is 10.2. The molecule has 6 N–H and O–H groups in total. The maximum Gasteiger partial charge on any atom is 0.232 e. The maximum atomic E-state index is 12.4. The van der Waals surface area contributed by atoms with E-state index in [1.807, 2.05) is 6.92 Å². The molecule has 0 aromatic heterocycles. The van der Waals surface area contributed by atoms with E-state index in [4.69, 9.17) is 16.2 Å². The predicted octanol–water partition coefficient (Wildman–Crippen LogP) is 1.30. The number of carbonyl (C=O) groups excluding carboxylic acids is 2. The standard InChI is InChI=1S/C19H40N4O3/c1-2-26-16-10-4-3-5-11-17(18(24)22-14-8-6-12-20)19(25)23-15-9-7-13-21/h17H,2-16,20-21H2,1H3,(H,22,24)(H,23,25). The van der Waals surface area contributed by atoms with Crippen molar-refractivity contribution in [3.8, 4) is 0 Å². The molecule has 0 saturated carbocycles. The van der Waals surface area contributed by atoms with E-state index >= 15 is 0 Å². The maximum absolute atomic E-state index is 12.4. The van der Waals surface area contributed by atoms with Crippen molar-refractivity contribution in [1.82, 2.24) is 10.6 Å². The molecule has 0 aliphatic rings. The molecule has 0 rings (SSSR count). The number of nitrogens with one attached hydrogen (secondary N) is 2. The SMILES string of the molecule is CCOCCCCCCC(C(=O)NCCCCN)C(=O)NCCCCN. The molecule has 2 amide bonds. The van der Waals surface area contributed by atoms with Gasteiger partial charge in [0.25, 0.3) is 0 Å². The molecule has 26 heavy (non-hydrogen) atoms. The van der Waals surface area contributed by atoms with Gasteiger partial charge in [0, 0.05) is 26.3 Å². The summed E-state index contributed by atoms with van der Waals surface area (Å²) in [4.78, 5) is 24.8. The molecule has 0 heterocycles. The van der Waals surface area contributed by atoms with E-state index in [-0.39, 0.29) is 11.8 Å². The number of nitrogens with two attached hydrogens (primary N) is 2. The number of rotatable bonds is 18. The normalized spacial score (nSPS) is 10.9. The van der Waals surface area contributed by atoms with E-state index in [0.29, 0.717) is 32.6 Å². The smallest absolute Gasteiger partial charge is 0.232 e. The first-order chi connectivity index (χ1) is 12.7. The van der Waals surface area contributed by atoms with Crippen LogP contribution in [0.2, 0.25) is 0 Å². The summed E-state index contributed by atoms with van der Waals surface area (Å²) in [6, 6.07) is 0. The molecule has 0 spiro atoms. The lowest BCUT2D eigenvalue weighted by Crippen LogP contribution is -2.42. The lowest BCUT2D eigenvalue weighted by Gasteiger charge is -2.17. The van der Waals surface area contributed by atoms with Crippen molar-refractivity contribution >= 4 is 11.8 Å². The minimum absolute atomic E-state index is 0.173. The van der Waals surface area contributed by atoms with E-state index in [2.05, 4.69) is 10.6 Å². The third-order valence-corrected chi connectivity index (χ3v) is 4.23. The highest BCUT2D eigenvalue weighted by molar-refractivity contribution is 6.00. The molecule has 7 nitrogen and oxygen atoms in total. The Morgan fingerprint density at radius 3 is 1.85 bits per heavy atom. The highest BCUT2D eigenvalue weighted by Crippen LogP contribution is 2.12. The van der Waals surface area contributed by atoms with Crippen LogP contribution in [0.1, 0.15) is 64.7 Å². The molecule has 0 aliphatic carbocycles. The molecule has 7 heteroatoms. The molecule has 0 saturated heterocycles. The summed E-state index contributed by atoms with van der Waals surface area (Å²) in [7, 11) is 0. The zero-order valence-electron chi connectivity index (χ0n) is 16.6. The number of unbranched alkanes of at least 4 members (excludes halogenated alkanes) is 5.